The summed E-state index contributed by atoms with van der Waals surface area (Å²) in [6.45, 7) is 0. The molecule has 0 saturated heterocycles. The third-order valence-corrected chi connectivity index (χ3v) is 3.86. The lowest BCUT2D eigenvalue weighted by Crippen LogP contribution is -2.44. The van der Waals surface area contributed by atoms with Crippen LogP contribution in [0, 0.1) is 3.57 Å². The Morgan fingerprint density at radius 2 is 2.18 bits per heavy atom. The average Bonchev–Trinajstić information content (AvgIpc) is 2.75. The molecule has 1 heterocycles. The van der Waals surface area contributed by atoms with E-state index in [-0.39, 0.29) is 5.54 Å². The first kappa shape index (κ1) is 11.2. The summed E-state index contributed by atoms with van der Waals surface area (Å²) in [5, 5.41) is 4.00. The summed E-state index contributed by atoms with van der Waals surface area (Å²) in [5.41, 5.74) is 6.74. The molecule has 1 aliphatic carbocycles. The van der Waals surface area contributed by atoms with Gasteiger partial charge < -0.3 is 10.3 Å². The maximum Gasteiger partial charge on any atom is 0.258 e. The van der Waals surface area contributed by atoms with Gasteiger partial charge in [-0.05, 0) is 60.1 Å². The summed E-state index contributed by atoms with van der Waals surface area (Å²) < 4.78 is 6.43. The Hall–Kier alpha value is -0.950. The van der Waals surface area contributed by atoms with Gasteiger partial charge in [0.25, 0.3) is 5.89 Å². The van der Waals surface area contributed by atoms with Crippen LogP contribution in [0.25, 0.3) is 11.5 Å². The van der Waals surface area contributed by atoms with E-state index in [2.05, 4.69) is 32.7 Å². The highest BCUT2D eigenvalue weighted by atomic mass is 127. The number of benzene rings is 1. The quantitative estimate of drug-likeness (QED) is 0.853. The topological polar surface area (TPSA) is 64.9 Å². The van der Waals surface area contributed by atoms with Crippen molar-refractivity contribution in [1.29, 1.82) is 0 Å². The van der Waals surface area contributed by atoms with Crippen molar-refractivity contribution in [3.8, 4) is 11.5 Å². The molecule has 1 aromatic heterocycles. The molecule has 4 nitrogen and oxygen atoms in total. The molecule has 0 spiro atoms. The third kappa shape index (κ3) is 1.97. The largest absolute Gasteiger partial charge is 0.334 e. The molecule has 1 aliphatic rings. The van der Waals surface area contributed by atoms with Gasteiger partial charge in [0.15, 0.2) is 5.82 Å². The van der Waals surface area contributed by atoms with E-state index in [9.17, 15) is 0 Å². The zero-order valence-corrected chi connectivity index (χ0v) is 11.3. The van der Waals surface area contributed by atoms with Gasteiger partial charge in [0, 0.05) is 9.13 Å². The molecule has 2 N–H and O–H groups in total. The van der Waals surface area contributed by atoms with Crippen LogP contribution in [0.4, 0.5) is 0 Å². The normalized spacial score (nSPS) is 17.8. The molecule has 3 rings (SSSR count). The van der Waals surface area contributed by atoms with Gasteiger partial charge in [-0.25, -0.2) is 0 Å². The highest BCUT2D eigenvalue weighted by Gasteiger charge is 2.39. The van der Waals surface area contributed by atoms with Gasteiger partial charge in [-0.2, -0.15) is 4.98 Å². The van der Waals surface area contributed by atoms with Crippen molar-refractivity contribution in [2.24, 2.45) is 5.73 Å². The van der Waals surface area contributed by atoms with Crippen molar-refractivity contribution in [3.05, 3.63) is 33.7 Å². The van der Waals surface area contributed by atoms with E-state index in [1.165, 1.54) is 0 Å². The van der Waals surface area contributed by atoms with E-state index in [4.69, 9.17) is 10.3 Å². The van der Waals surface area contributed by atoms with Crippen molar-refractivity contribution in [2.45, 2.75) is 24.8 Å². The molecule has 1 saturated carbocycles. The number of halogens is 1. The molecule has 0 radical (unpaired) electrons. The van der Waals surface area contributed by atoms with E-state index < -0.39 is 0 Å². The predicted molar refractivity (Wildman–Crippen MR) is 72.2 cm³/mol. The van der Waals surface area contributed by atoms with Crippen LogP contribution in [0.5, 0.6) is 0 Å². The zero-order valence-electron chi connectivity index (χ0n) is 9.19. The summed E-state index contributed by atoms with van der Waals surface area (Å²) in [6.07, 6.45) is 3.03. The minimum Gasteiger partial charge on any atom is -0.334 e. The van der Waals surface area contributed by atoms with Crippen LogP contribution < -0.4 is 5.73 Å². The maximum absolute atomic E-state index is 6.16. The van der Waals surface area contributed by atoms with Gasteiger partial charge in [0.1, 0.15) is 0 Å². The molecule has 88 valence electrons. The molecule has 1 aromatic carbocycles. The first-order valence-electron chi connectivity index (χ1n) is 5.56. The summed E-state index contributed by atoms with van der Waals surface area (Å²) in [7, 11) is 0. The second kappa shape index (κ2) is 4.06. The monoisotopic (exact) mass is 341 g/mol. The van der Waals surface area contributed by atoms with Gasteiger partial charge in [0.05, 0.1) is 5.54 Å². The molecule has 0 atom stereocenters. The third-order valence-electron chi connectivity index (χ3n) is 3.19. The van der Waals surface area contributed by atoms with Gasteiger partial charge in [-0.15, -0.1) is 0 Å². The number of aromatic nitrogens is 2. The van der Waals surface area contributed by atoms with Crippen LogP contribution >= 0.6 is 22.6 Å². The van der Waals surface area contributed by atoms with E-state index in [0.29, 0.717) is 11.7 Å². The van der Waals surface area contributed by atoms with E-state index in [0.717, 1.165) is 28.4 Å². The number of hydrogen-bond donors (Lipinski definition) is 1. The molecule has 1 fully saturated rings. The van der Waals surface area contributed by atoms with Gasteiger partial charge in [0.2, 0.25) is 0 Å². The molecule has 2 aromatic rings. The Morgan fingerprint density at radius 1 is 1.35 bits per heavy atom. The fourth-order valence-corrected chi connectivity index (χ4v) is 2.49. The number of rotatable bonds is 2. The molecule has 0 aliphatic heterocycles. The van der Waals surface area contributed by atoms with Crippen molar-refractivity contribution in [2.75, 3.05) is 0 Å². The van der Waals surface area contributed by atoms with Crippen molar-refractivity contribution in [3.63, 3.8) is 0 Å². The smallest absolute Gasteiger partial charge is 0.258 e. The van der Waals surface area contributed by atoms with E-state index in [1.807, 2.05) is 24.3 Å². The Bertz CT molecular complexity index is 548. The number of nitrogens with two attached hydrogens (primary N) is 1. The molecular weight excluding hydrogens is 329 g/mol. The number of nitrogens with zero attached hydrogens (tertiary/aromatic N) is 2. The molecule has 0 bridgehead atoms. The maximum atomic E-state index is 6.16. The second-order valence-electron chi connectivity index (χ2n) is 4.44. The summed E-state index contributed by atoms with van der Waals surface area (Å²) >= 11 is 2.26. The predicted octanol–water partition coefficient (Wildman–Crippen LogP) is 2.68. The second-order valence-corrected chi connectivity index (χ2v) is 5.69. The number of hydrogen-bond acceptors (Lipinski definition) is 4. The van der Waals surface area contributed by atoms with Gasteiger partial charge in [-0.1, -0.05) is 11.2 Å². The standard InChI is InChI=1S/C12H12IN3O/c13-9-4-1-3-8(7-9)10-15-11(16-17-10)12(14)5-2-6-12/h1,3-4,7H,2,5-6,14H2. The molecule has 0 unspecified atom stereocenters. The first-order valence-corrected chi connectivity index (χ1v) is 6.64. The fourth-order valence-electron chi connectivity index (χ4n) is 1.95. The lowest BCUT2D eigenvalue weighted by atomic mass is 9.77. The highest BCUT2D eigenvalue weighted by molar-refractivity contribution is 14.1. The van der Waals surface area contributed by atoms with E-state index >= 15 is 0 Å². The Balaban J connectivity index is 1.95. The van der Waals surface area contributed by atoms with Crippen LogP contribution in [-0.4, -0.2) is 10.1 Å². The van der Waals surface area contributed by atoms with E-state index in [1.54, 1.807) is 0 Å². The minimum absolute atomic E-state index is 0.357. The van der Waals surface area contributed by atoms with Crippen molar-refractivity contribution < 1.29 is 4.52 Å². The summed E-state index contributed by atoms with van der Waals surface area (Å²) in [4.78, 5) is 4.41. The van der Waals surface area contributed by atoms with Crippen LogP contribution in [0.15, 0.2) is 28.8 Å². The summed E-state index contributed by atoms with van der Waals surface area (Å²) in [5.74, 6) is 1.19. The Labute approximate surface area is 113 Å². The first-order chi connectivity index (χ1) is 8.17. The lowest BCUT2D eigenvalue weighted by molar-refractivity contribution is 0.229. The SMILES string of the molecule is NC1(c2noc(-c3cccc(I)c3)n2)CCC1. The van der Waals surface area contributed by atoms with Gasteiger partial charge >= 0.3 is 0 Å². The molecule has 0 amide bonds. The van der Waals surface area contributed by atoms with Crippen LogP contribution in [0.3, 0.4) is 0 Å². The van der Waals surface area contributed by atoms with Gasteiger partial charge in [-0.3, -0.25) is 0 Å². The van der Waals surface area contributed by atoms with Crippen LogP contribution in [0.1, 0.15) is 25.1 Å². The fraction of sp³-hybridized carbons (Fsp3) is 0.333. The van der Waals surface area contributed by atoms with Crippen molar-refractivity contribution >= 4 is 22.6 Å². The van der Waals surface area contributed by atoms with Crippen LogP contribution in [-0.2, 0) is 5.54 Å². The zero-order chi connectivity index (χ0) is 11.9. The highest BCUT2D eigenvalue weighted by Crippen LogP contribution is 2.37. The molecular formula is C12H12IN3O. The van der Waals surface area contributed by atoms with Crippen LogP contribution in [0.2, 0.25) is 0 Å². The van der Waals surface area contributed by atoms with Crippen molar-refractivity contribution in [1.82, 2.24) is 10.1 Å². The lowest BCUT2D eigenvalue weighted by Gasteiger charge is -2.34. The minimum atomic E-state index is -0.357. The Morgan fingerprint density at radius 3 is 2.82 bits per heavy atom. The Kier molecular flexibility index (Phi) is 2.67. The molecule has 5 heteroatoms. The molecule has 17 heavy (non-hydrogen) atoms. The average molecular weight is 341 g/mol. The summed E-state index contributed by atoms with van der Waals surface area (Å²) in [6, 6.07) is 7.98.